The molecule has 1 aliphatic heterocycles. The first-order valence-electron chi connectivity index (χ1n) is 12.4. The maximum absolute atomic E-state index is 13.2. The number of aryl methyl sites for hydroxylation is 1. The van der Waals surface area contributed by atoms with Gasteiger partial charge in [-0.05, 0) is 57.5 Å². The number of nitrogens with zero attached hydrogens (tertiary/aromatic N) is 7. The maximum Gasteiger partial charge on any atom is 0.410 e. The zero-order valence-electron chi connectivity index (χ0n) is 22.9. The molecule has 0 aliphatic carbocycles. The minimum atomic E-state index is -0.664. The van der Waals surface area contributed by atoms with E-state index in [0.29, 0.717) is 41.1 Å². The molecule has 1 atom stereocenters. The standard InChI is InChI=1S/C25H35BrN8O4/c1-24(2,3)37-22(35)32-8-9-33(23(36)38-25(4,5)6)16(14-32)10-18-19(26)20(27)34-21(30-18)17(12-29-34)15-11-28-31(7)13-15/h11-13,16H,8-10,14,27H2,1-7H3. The number of halogens is 1. The molecule has 2 amide bonds. The van der Waals surface area contributed by atoms with E-state index in [1.54, 1.807) is 31.4 Å². The Balaban J connectivity index is 1.69. The van der Waals surface area contributed by atoms with Gasteiger partial charge in [0.1, 0.15) is 17.0 Å². The number of hydrogen-bond donors (Lipinski definition) is 1. The third-order valence-corrected chi connectivity index (χ3v) is 6.76. The summed E-state index contributed by atoms with van der Waals surface area (Å²) in [6, 6.07) is -0.429. The van der Waals surface area contributed by atoms with Gasteiger partial charge in [-0.25, -0.2) is 14.6 Å². The summed E-state index contributed by atoms with van der Waals surface area (Å²) < 4.78 is 15.1. The Bertz CT molecular complexity index is 1350. The van der Waals surface area contributed by atoms with E-state index in [1.807, 2.05) is 54.8 Å². The molecular formula is C25H35BrN8O4. The summed E-state index contributed by atoms with van der Waals surface area (Å²) in [7, 11) is 1.84. The first kappa shape index (κ1) is 27.7. The first-order valence-corrected chi connectivity index (χ1v) is 13.2. The highest BCUT2D eigenvalue weighted by Crippen LogP contribution is 2.31. The number of amides is 2. The number of nitrogen functional groups attached to an aromatic ring is 1. The van der Waals surface area contributed by atoms with Crippen molar-refractivity contribution in [1.82, 2.24) is 34.2 Å². The molecule has 0 bridgehead atoms. The Kier molecular flexibility index (Phi) is 7.34. The molecule has 1 fully saturated rings. The fourth-order valence-corrected chi connectivity index (χ4v) is 4.67. The van der Waals surface area contributed by atoms with Gasteiger partial charge in [0.05, 0.1) is 28.6 Å². The number of aromatic nitrogens is 5. The maximum atomic E-state index is 13.2. The molecule has 38 heavy (non-hydrogen) atoms. The van der Waals surface area contributed by atoms with Crippen LogP contribution in [0.3, 0.4) is 0 Å². The third kappa shape index (κ3) is 6.03. The van der Waals surface area contributed by atoms with Gasteiger partial charge >= 0.3 is 12.2 Å². The summed E-state index contributed by atoms with van der Waals surface area (Å²) >= 11 is 3.58. The largest absolute Gasteiger partial charge is 0.444 e. The second-order valence-electron chi connectivity index (χ2n) is 11.4. The highest BCUT2D eigenvalue weighted by atomic mass is 79.9. The van der Waals surface area contributed by atoms with E-state index in [-0.39, 0.29) is 6.54 Å². The van der Waals surface area contributed by atoms with Crippen molar-refractivity contribution in [3.63, 3.8) is 0 Å². The van der Waals surface area contributed by atoms with Crippen LogP contribution in [0, 0.1) is 0 Å². The fourth-order valence-electron chi connectivity index (χ4n) is 4.25. The molecule has 0 aromatic carbocycles. The summed E-state index contributed by atoms with van der Waals surface area (Å²) in [4.78, 5) is 34.2. The number of anilines is 1. The van der Waals surface area contributed by atoms with Gasteiger partial charge in [0.25, 0.3) is 0 Å². The fraction of sp³-hybridized carbons (Fsp3) is 0.560. The number of rotatable bonds is 3. The van der Waals surface area contributed by atoms with Crippen molar-refractivity contribution >= 4 is 39.6 Å². The number of carbonyl (C=O) groups excluding carboxylic acids is 2. The van der Waals surface area contributed by atoms with Crippen LogP contribution in [0.25, 0.3) is 16.8 Å². The van der Waals surface area contributed by atoms with Crippen molar-refractivity contribution in [3.8, 4) is 11.1 Å². The molecule has 3 aromatic rings. The van der Waals surface area contributed by atoms with E-state index in [4.69, 9.17) is 20.2 Å². The molecule has 1 saturated heterocycles. The lowest BCUT2D eigenvalue weighted by atomic mass is 10.1. The quantitative estimate of drug-likeness (QED) is 0.486. The zero-order valence-corrected chi connectivity index (χ0v) is 24.4. The molecule has 1 unspecified atom stereocenters. The lowest BCUT2D eigenvalue weighted by Gasteiger charge is -2.41. The van der Waals surface area contributed by atoms with Crippen LogP contribution in [-0.2, 0) is 22.9 Å². The summed E-state index contributed by atoms with van der Waals surface area (Å²) in [5.74, 6) is 0.378. The van der Waals surface area contributed by atoms with Crippen molar-refractivity contribution in [2.24, 2.45) is 7.05 Å². The average Bonchev–Trinajstić information content (AvgIpc) is 3.40. The van der Waals surface area contributed by atoms with Crippen LogP contribution in [0.15, 0.2) is 23.1 Å². The number of piperazine rings is 1. The van der Waals surface area contributed by atoms with Crippen molar-refractivity contribution < 1.29 is 19.1 Å². The molecule has 2 N–H and O–H groups in total. The Morgan fingerprint density at radius 3 is 2.32 bits per heavy atom. The molecule has 4 heterocycles. The van der Waals surface area contributed by atoms with Crippen LogP contribution in [0.5, 0.6) is 0 Å². The average molecular weight is 592 g/mol. The minimum Gasteiger partial charge on any atom is -0.444 e. The monoisotopic (exact) mass is 590 g/mol. The second kappa shape index (κ2) is 10.1. The molecule has 4 rings (SSSR count). The van der Waals surface area contributed by atoms with Crippen molar-refractivity contribution in [2.45, 2.75) is 65.2 Å². The van der Waals surface area contributed by atoms with Gasteiger partial charge in [-0.15, -0.1) is 0 Å². The van der Waals surface area contributed by atoms with E-state index < -0.39 is 29.4 Å². The van der Waals surface area contributed by atoms with Gasteiger partial charge < -0.3 is 25.0 Å². The van der Waals surface area contributed by atoms with Crippen molar-refractivity contribution in [2.75, 3.05) is 25.4 Å². The predicted molar refractivity (Wildman–Crippen MR) is 146 cm³/mol. The molecule has 3 aromatic heterocycles. The van der Waals surface area contributed by atoms with Crippen LogP contribution in [-0.4, -0.2) is 83.2 Å². The highest BCUT2D eigenvalue weighted by Gasteiger charge is 2.37. The molecule has 1 aliphatic rings. The van der Waals surface area contributed by atoms with Gasteiger partial charge in [0.15, 0.2) is 5.65 Å². The lowest BCUT2D eigenvalue weighted by Crippen LogP contribution is -2.58. The van der Waals surface area contributed by atoms with Crippen LogP contribution in [0.1, 0.15) is 47.2 Å². The molecule has 206 valence electrons. The molecule has 0 saturated carbocycles. The number of ether oxygens (including phenoxy) is 2. The lowest BCUT2D eigenvalue weighted by molar-refractivity contribution is -0.0147. The normalized spacial score (nSPS) is 16.7. The summed E-state index contributed by atoms with van der Waals surface area (Å²) in [5, 5.41) is 8.66. The van der Waals surface area contributed by atoms with Gasteiger partial charge in [-0.2, -0.15) is 14.7 Å². The Morgan fingerprint density at radius 1 is 1.05 bits per heavy atom. The first-order chi connectivity index (χ1) is 17.6. The van der Waals surface area contributed by atoms with E-state index in [1.165, 1.54) is 0 Å². The van der Waals surface area contributed by atoms with E-state index >= 15 is 0 Å². The number of fused-ring (bicyclic) bond motifs is 1. The van der Waals surface area contributed by atoms with E-state index in [0.717, 1.165) is 11.1 Å². The van der Waals surface area contributed by atoms with Crippen LogP contribution < -0.4 is 5.73 Å². The smallest absolute Gasteiger partial charge is 0.410 e. The summed E-state index contributed by atoms with van der Waals surface area (Å²) in [5.41, 5.74) is 7.98. The zero-order chi connectivity index (χ0) is 28.0. The number of nitrogens with two attached hydrogens (primary N) is 1. The Morgan fingerprint density at radius 2 is 1.71 bits per heavy atom. The van der Waals surface area contributed by atoms with Gasteiger partial charge in [-0.1, -0.05) is 0 Å². The van der Waals surface area contributed by atoms with E-state index in [9.17, 15) is 9.59 Å². The van der Waals surface area contributed by atoms with Crippen LogP contribution in [0.2, 0.25) is 0 Å². The van der Waals surface area contributed by atoms with E-state index in [2.05, 4.69) is 26.1 Å². The number of hydrogen-bond acceptors (Lipinski definition) is 8. The second-order valence-corrected chi connectivity index (χ2v) is 12.2. The SMILES string of the molecule is Cn1cc(-c2cnn3c(N)c(Br)c(CC4CN(C(=O)OC(C)(C)C)CCN4C(=O)OC(C)(C)C)nc23)cn1. The predicted octanol–water partition coefficient (Wildman–Crippen LogP) is 3.87. The molecule has 13 heteroatoms. The molecule has 0 spiro atoms. The number of carbonyl (C=O) groups is 2. The minimum absolute atomic E-state index is 0.252. The van der Waals surface area contributed by atoms with Gasteiger partial charge in [0.2, 0.25) is 0 Å². The topological polar surface area (TPSA) is 133 Å². The summed E-state index contributed by atoms with van der Waals surface area (Å²) in [6.45, 7) is 11.8. The third-order valence-electron chi connectivity index (χ3n) is 5.90. The van der Waals surface area contributed by atoms with Crippen molar-refractivity contribution in [1.29, 1.82) is 0 Å². The molecular weight excluding hydrogens is 556 g/mol. The van der Waals surface area contributed by atoms with Crippen LogP contribution >= 0.6 is 15.9 Å². The Labute approximate surface area is 230 Å². The van der Waals surface area contributed by atoms with Gasteiger partial charge in [0, 0.05) is 50.4 Å². The van der Waals surface area contributed by atoms with Crippen LogP contribution in [0.4, 0.5) is 15.4 Å². The van der Waals surface area contributed by atoms with Gasteiger partial charge in [-0.3, -0.25) is 4.68 Å². The Hall–Kier alpha value is -3.35. The molecule has 12 nitrogen and oxygen atoms in total. The van der Waals surface area contributed by atoms with Crippen molar-refractivity contribution in [3.05, 3.63) is 28.8 Å². The summed E-state index contributed by atoms with van der Waals surface area (Å²) in [6.07, 6.45) is 4.75. The highest BCUT2D eigenvalue weighted by molar-refractivity contribution is 9.10. The molecule has 0 radical (unpaired) electrons.